The maximum absolute atomic E-state index is 13.3. The average molecular weight is 392 g/mol. The maximum atomic E-state index is 13.3. The zero-order chi connectivity index (χ0) is 19.5. The predicted octanol–water partition coefficient (Wildman–Crippen LogP) is 2.88. The van der Waals surface area contributed by atoms with Crippen molar-refractivity contribution >= 4 is 29.1 Å². The number of halogens is 4. The second kappa shape index (κ2) is 8.26. The number of anilines is 1. The molecule has 0 aliphatic carbocycles. The van der Waals surface area contributed by atoms with Crippen LogP contribution in [0.5, 0.6) is 0 Å². The molecule has 9 heteroatoms. The van der Waals surface area contributed by atoms with E-state index in [-0.39, 0.29) is 29.6 Å². The van der Waals surface area contributed by atoms with E-state index in [0.29, 0.717) is 13.1 Å². The monoisotopic (exact) mass is 391 g/mol. The quantitative estimate of drug-likeness (QED) is 0.792. The highest BCUT2D eigenvalue weighted by Crippen LogP contribution is 2.38. The number of hydrogen-bond acceptors (Lipinski definition) is 3. The van der Waals surface area contributed by atoms with E-state index in [1.165, 1.54) is 13.0 Å². The number of hydrogen-bond donors (Lipinski definition) is 0. The first-order valence-electron chi connectivity index (χ1n) is 8.20. The van der Waals surface area contributed by atoms with Crippen LogP contribution in [-0.2, 0) is 15.8 Å². The number of likely N-dealkylation sites (N-methyl/N-ethyl adjacent to an activating group) is 1. The number of carbonyl (C=O) groups is 2. The highest BCUT2D eigenvalue weighted by atomic mass is 35.5. The topological polar surface area (TPSA) is 43.9 Å². The Morgan fingerprint density at radius 2 is 1.81 bits per heavy atom. The average Bonchev–Trinajstić information content (AvgIpc) is 2.55. The molecule has 5 nitrogen and oxygen atoms in total. The van der Waals surface area contributed by atoms with Crippen LogP contribution in [0.1, 0.15) is 18.9 Å². The van der Waals surface area contributed by atoms with Gasteiger partial charge in [-0.2, -0.15) is 13.2 Å². The molecule has 0 aromatic heterocycles. The largest absolute Gasteiger partial charge is 0.418 e. The van der Waals surface area contributed by atoms with Crippen molar-refractivity contribution in [2.24, 2.45) is 0 Å². The van der Waals surface area contributed by atoms with Gasteiger partial charge in [0.15, 0.2) is 0 Å². The number of alkyl halides is 3. The Labute approximate surface area is 155 Å². The Hall–Kier alpha value is -1.80. The van der Waals surface area contributed by atoms with Gasteiger partial charge in [-0.15, -0.1) is 0 Å². The Kier molecular flexibility index (Phi) is 6.52. The van der Waals surface area contributed by atoms with Crippen LogP contribution in [0.3, 0.4) is 0 Å². The van der Waals surface area contributed by atoms with Crippen LogP contribution in [0.4, 0.5) is 18.9 Å². The number of rotatable bonds is 4. The van der Waals surface area contributed by atoms with Crippen LogP contribution < -0.4 is 4.90 Å². The Morgan fingerprint density at radius 3 is 2.35 bits per heavy atom. The predicted molar refractivity (Wildman–Crippen MR) is 93.2 cm³/mol. The molecule has 1 heterocycles. The molecular formula is C17H21ClF3N3O2. The molecule has 0 saturated carbocycles. The first-order chi connectivity index (χ1) is 12.1. The van der Waals surface area contributed by atoms with E-state index in [1.807, 2.05) is 7.05 Å². The lowest BCUT2D eigenvalue weighted by molar-refractivity contribution is -0.137. The fraction of sp³-hybridized carbons (Fsp3) is 0.529. The Balaban J connectivity index is 2.15. The van der Waals surface area contributed by atoms with Crippen LogP contribution in [0, 0.1) is 0 Å². The van der Waals surface area contributed by atoms with Crippen molar-refractivity contribution in [2.75, 3.05) is 44.7 Å². The normalized spacial score (nSPS) is 15.8. The van der Waals surface area contributed by atoms with Crippen molar-refractivity contribution < 1.29 is 22.8 Å². The minimum atomic E-state index is -4.66. The molecule has 1 aliphatic heterocycles. The summed E-state index contributed by atoms with van der Waals surface area (Å²) in [7, 11) is 1.96. The van der Waals surface area contributed by atoms with Gasteiger partial charge in [0.1, 0.15) is 0 Å². The van der Waals surface area contributed by atoms with Gasteiger partial charge in [-0.1, -0.05) is 11.6 Å². The zero-order valence-corrected chi connectivity index (χ0v) is 15.4. The van der Waals surface area contributed by atoms with E-state index >= 15 is 0 Å². The van der Waals surface area contributed by atoms with E-state index in [2.05, 4.69) is 4.90 Å². The first kappa shape index (κ1) is 20.5. The molecule has 1 aromatic rings. The van der Waals surface area contributed by atoms with Gasteiger partial charge in [-0.05, 0) is 25.2 Å². The summed E-state index contributed by atoms with van der Waals surface area (Å²) in [5.41, 5.74) is -1.28. The molecule has 2 rings (SSSR count). The van der Waals surface area contributed by atoms with Gasteiger partial charge < -0.3 is 14.7 Å². The number of piperazine rings is 1. The number of benzene rings is 1. The van der Waals surface area contributed by atoms with Crippen molar-refractivity contribution in [1.82, 2.24) is 9.80 Å². The summed E-state index contributed by atoms with van der Waals surface area (Å²) >= 11 is 5.68. The summed E-state index contributed by atoms with van der Waals surface area (Å²) in [6, 6.07) is 3.24. The van der Waals surface area contributed by atoms with E-state index in [4.69, 9.17) is 11.6 Å². The molecule has 2 amide bonds. The van der Waals surface area contributed by atoms with Gasteiger partial charge in [0, 0.05) is 51.1 Å². The van der Waals surface area contributed by atoms with Crippen LogP contribution in [-0.4, -0.2) is 61.4 Å². The molecule has 0 unspecified atom stereocenters. The molecule has 1 fully saturated rings. The van der Waals surface area contributed by atoms with Crippen molar-refractivity contribution in [2.45, 2.75) is 19.5 Å². The molecule has 144 valence electrons. The van der Waals surface area contributed by atoms with Crippen molar-refractivity contribution in [3.63, 3.8) is 0 Å². The smallest absolute Gasteiger partial charge is 0.340 e. The number of nitrogens with zero attached hydrogens (tertiary/aromatic N) is 3. The van der Waals surface area contributed by atoms with E-state index in [1.54, 1.807) is 4.90 Å². The van der Waals surface area contributed by atoms with Gasteiger partial charge in [0.05, 0.1) is 11.3 Å². The van der Waals surface area contributed by atoms with Crippen LogP contribution in [0.15, 0.2) is 18.2 Å². The minimum absolute atomic E-state index is 0.0385. The maximum Gasteiger partial charge on any atom is 0.418 e. The van der Waals surface area contributed by atoms with Crippen LogP contribution >= 0.6 is 11.6 Å². The first-order valence-corrected chi connectivity index (χ1v) is 8.58. The van der Waals surface area contributed by atoms with Gasteiger partial charge in [-0.3, -0.25) is 9.59 Å². The Bertz CT molecular complexity index is 674. The highest BCUT2D eigenvalue weighted by Gasteiger charge is 2.36. The molecule has 0 atom stereocenters. The van der Waals surface area contributed by atoms with Gasteiger partial charge >= 0.3 is 6.18 Å². The van der Waals surface area contributed by atoms with Gasteiger partial charge in [0.25, 0.3) is 0 Å². The third kappa shape index (κ3) is 5.11. The third-order valence-electron chi connectivity index (χ3n) is 4.34. The Morgan fingerprint density at radius 1 is 1.19 bits per heavy atom. The number of amides is 2. The minimum Gasteiger partial charge on any atom is -0.340 e. The summed E-state index contributed by atoms with van der Waals surface area (Å²) < 4.78 is 39.9. The molecule has 0 radical (unpaired) electrons. The molecule has 0 spiro atoms. The second-order valence-corrected chi connectivity index (χ2v) is 6.70. The molecule has 1 aliphatic rings. The van der Waals surface area contributed by atoms with Crippen molar-refractivity contribution in [3.8, 4) is 0 Å². The fourth-order valence-electron chi connectivity index (χ4n) is 2.84. The fourth-order valence-corrected chi connectivity index (χ4v) is 3.01. The van der Waals surface area contributed by atoms with E-state index in [0.717, 1.165) is 30.1 Å². The summed E-state index contributed by atoms with van der Waals surface area (Å²) in [6.45, 7) is 3.70. The standard InChI is InChI=1S/C17H21ClF3N3O2/c1-12(25)24(6-5-16(26)23-9-7-22(2)8-10-23)15-4-3-13(18)11-14(15)17(19,20)21/h3-4,11H,5-10H2,1-2H3. The molecule has 26 heavy (non-hydrogen) atoms. The SMILES string of the molecule is CC(=O)N(CCC(=O)N1CCN(C)CC1)c1ccc(Cl)cc1C(F)(F)F. The second-order valence-electron chi connectivity index (χ2n) is 6.26. The lowest BCUT2D eigenvalue weighted by atomic mass is 10.1. The van der Waals surface area contributed by atoms with Crippen LogP contribution in [0.2, 0.25) is 5.02 Å². The zero-order valence-electron chi connectivity index (χ0n) is 14.6. The van der Waals surface area contributed by atoms with Crippen molar-refractivity contribution in [1.29, 1.82) is 0 Å². The van der Waals surface area contributed by atoms with Gasteiger partial charge in [-0.25, -0.2) is 0 Å². The lowest BCUT2D eigenvalue weighted by Gasteiger charge is -2.33. The number of carbonyl (C=O) groups excluding carboxylic acids is 2. The van der Waals surface area contributed by atoms with Gasteiger partial charge in [0.2, 0.25) is 11.8 Å². The summed E-state index contributed by atoms with van der Waals surface area (Å²) in [4.78, 5) is 29.0. The molecular weight excluding hydrogens is 371 g/mol. The molecule has 0 bridgehead atoms. The van der Waals surface area contributed by atoms with Crippen LogP contribution in [0.25, 0.3) is 0 Å². The molecule has 1 aromatic carbocycles. The highest BCUT2D eigenvalue weighted by molar-refractivity contribution is 6.30. The lowest BCUT2D eigenvalue weighted by Crippen LogP contribution is -2.48. The third-order valence-corrected chi connectivity index (χ3v) is 4.58. The summed E-state index contributed by atoms with van der Waals surface area (Å²) in [6.07, 6.45) is -4.70. The molecule has 1 saturated heterocycles. The van der Waals surface area contributed by atoms with E-state index in [9.17, 15) is 22.8 Å². The van der Waals surface area contributed by atoms with E-state index < -0.39 is 17.6 Å². The molecule has 0 N–H and O–H groups in total. The van der Waals surface area contributed by atoms with Crippen molar-refractivity contribution in [3.05, 3.63) is 28.8 Å². The summed E-state index contributed by atoms with van der Waals surface area (Å²) in [5, 5.41) is -0.0712. The summed E-state index contributed by atoms with van der Waals surface area (Å²) in [5.74, 6) is -0.740.